The molecule has 0 saturated heterocycles. The first-order valence-electron chi connectivity index (χ1n) is 9.43. The van der Waals surface area contributed by atoms with Crippen LogP contribution in [0.5, 0.6) is 0 Å². The molecule has 9 heteroatoms. The number of nitrogens with one attached hydrogen (secondary N) is 1. The Morgan fingerprint density at radius 3 is 2.57 bits per heavy atom. The van der Waals surface area contributed by atoms with Crippen molar-refractivity contribution < 1.29 is 9.18 Å². The fraction of sp³-hybridized carbons (Fsp3) is 0.286. The van der Waals surface area contributed by atoms with E-state index in [1.807, 2.05) is 54.0 Å². The molecule has 0 saturated carbocycles. The average molecular weight is 446 g/mol. The Labute approximate surface area is 182 Å². The van der Waals surface area contributed by atoms with E-state index in [0.29, 0.717) is 21.5 Å². The van der Waals surface area contributed by atoms with E-state index in [1.165, 1.54) is 17.8 Å². The van der Waals surface area contributed by atoms with Crippen molar-refractivity contribution in [2.45, 2.75) is 38.0 Å². The number of para-hydroxylation sites is 2. The highest BCUT2D eigenvalue weighted by Crippen LogP contribution is 2.28. The molecule has 1 amide bonds. The summed E-state index contributed by atoms with van der Waals surface area (Å²) in [6, 6.07) is 12.4. The average Bonchev–Trinajstić information content (AvgIpc) is 3.21. The van der Waals surface area contributed by atoms with Crippen LogP contribution in [-0.4, -0.2) is 36.4 Å². The molecule has 30 heavy (non-hydrogen) atoms. The quantitative estimate of drug-likeness (QED) is 0.458. The van der Waals surface area contributed by atoms with E-state index < -0.39 is 0 Å². The fourth-order valence-electron chi connectivity index (χ4n) is 3.31. The lowest BCUT2D eigenvalue weighted by molar-refractivity contribution is -0.119. The molecule has 0 bridgehead atoms. The summed E-state index contributed by atoms with van der Waals surface area (Å²) in [6.07, 6.45) is 0. The van der Waals surface area contributed by atoms with E-state index in [4.69, 9.17) is 11.6 Å². The van der Waals surface area contributed by atoms with Crippen LogP contribution in [0.4, 0.5) is 4.39 Å². The Bertz CT molecular complexity index is 1220. The van der Waals surface area contributed by atoms with Crippen LogP contribution in [0.25, 0.3) is 16.8 Å². The number of imidazole rings is 1. The van der Waals surface area contributed by atoms with Gasteiger partial charge in [-0.1, -0.05) is 41.6 Å². The van der Waals surface area contributed by atoms with Crippen molar-refractivity contribution in [1.82, 2.24) is 24.5 Å². The molecule has 0 aliphatic rings. The topological polar surface area (TPSA) is 64.2 Å². The van der Waals surface area contributed by atoms with E-state index in [0.717, 1.165) is 11.0 Å². The molecule has 4 rings (SSSR count). The third-order valence-corrected chi connectivity index (χ3v) is 5.78. The lowest BCUT2D eigenvalue weighted by Gasteiger charge is -2.20. The minimum absolute atomic E-state index is 0.0777. The Hall–Kier alpha value is -2.58. The van der Waals surface area contributed by atoms with Crippen molar-refractivity contribution in [3.8, 4) is 0 Å². The predicted octanol–water partition coefficient (Wildman–Crippen LogP) is 4.53. The summed E-state index contributed by atoms with van der Waals surface area (Å²) in [5.41, 5.74) is 1.85. The third-order valence-electron chi connectivity index (χ3n) is 4.50. The van der Waals surface area contributed by atoms with Crippen LogP contribution in [0, 0.1) is 5.82 Å². The van der Waals surface area contributed by atoms with E-state index in [9.17, 15) is 9.18 Å². The number of rotatable bonds is 5. The number of fused-ring (bicyclic) bond motifs is 3. The first kappa shape index (κ1) is 20.7. The van der Waals surface area contributed by atoms with Crippen molar-refractivity contribution in [2.75, 3.05) is 5.75 Å². The van der Waals surface area contributed by atoms with Gasteiger partial charge in [-0.3, -0.25) is 9.20 Å². The minimum Gasteiger partial charge on any atom is -0.351 e. The summed E-state index contributed by atoms with van der Waals surface area (Å²) >= 11 is 7.56. The van der Waals surface area contributed by atoms with Gasteiger partial charge in [0.15, 0.2) is 5.16 Å². The van der Waals surface area contributed by atoms with Crippen LogP contribution in [-0.2, 0) is 11.3 Å². The van der Waals surface area contributed by atoms with Gasteiger partial charge in [0, 0.05) is 16.1 Å². The molecule has 6 nitrogen and oxygen atoms in total. The van der Waals surface area contributed by atoms with Crippen LogP contribution in [0.15, 0.2) is 47.6 Å². The molecule has 0 atom stereocenters. The summed E-state index contributed by atoms with van der Waals surface area (Å²) in [4.78, 5) is 12.2. The molecule has 2 aromatic carbocycles. The van der Waals surface area contributed by atoms with Gasteiger partial charge in [0.2, 0.25) is 11.7 Å². The normalized spacial score (nSPS) is 12.0. The summed E-state index contributed by atoms with van der Waals surface area (Å²) in [7, 11) is 0. The molecular formula is C21H21ClFN5OS. The molecule has 0 radical (unpaired) electrons. The molecule has 0 aliphatic carbocycles. The number of benzene rings is 2. The SMILES string of the molecule is CC(C)(C)NC(=O)CSc1nnc2n(Cc3c(F)cccc3Cl)c3ccccc3n12. The second kappa shape index (κ2) is 7.92. The number of hydrogen-bond acceptors (Lipinski definition) is 4. The van der Waals surface area contributed by atoms with Gasteiger partial charge < -0.3 is 9.88 Å². The number of amides is 1. The van der Waals surface area contributed by atoms with Crippen molar-refractivity contribution in [3.63, 3.8) is 0 Å². The highest BCUT2D eigenvalue weighted by Gasteiger charge is 2.20. The number of carbonyl (C=O) groups is 1. The van der Waals surface area contributed by atoms with Crippen molar-refractivity contribution in [3.05, 3.63) is 58.9 Å². The van der Waals surface area contributed by atoms with Crippen LogP contribution < -0.4 is 5.32 Å². The Morgan fingerprint density at radius 1 is 1.13 bits per heavy atom. The maximum atomic E-state index is 14.4. The number of thioether (sulfide) groups is 1. The second-order valence-electron chi connectivity index (χ2n) is 7.98. The summed E-state index contributed by atoms with van der Waals surface area (Å²) in [5.74, 6) is 0.336. The molecule has 2 heterocycles. The number of aromatic nitrogens is 4. The van der Waals surface area contributed by atoms with Gasteiger partial charge in [0.05, 0.1) is 23.3 Å². The second-order valence-corrected chi connectivity index (χ2v) is 9.33. The maximum Gasteiger partial charge on any atom is 0.237 e. The molecule has 0 aliphatic heterocycles. The number of carbonyl (C=O) groups excluding carboxylic acids is 1. The van der Waals surface area contributed by atoms with Crippen LogP contribution >= 0.6 is 23.4 Å². The predicted molar refractivity (Wildman–Crippen MR) is 118 cm³/mol. The van der Waals surface area contributed by atoms with Crippen LogP contribution in [0.3, 0.4) is 0 Å². The fourth-order valence-corrected chi connectivity index (χ4v) is 4.28. The van der Waals surface area contributed by atoms with E-state index in [2.05, 4.69) is 15.5 Å². The van der Waals surface area contributed by atoms with Gasteiger partial charge in [-0.05, 0) is 45.0 Å². The number of hydrogen-bond donors (Lipinski definition) is 1. The van der Waals surface area contributed by atoms with Crippen LogP contribution in [0.2, 0.25) is 5.02 Å². The third kappa shape index (κ3) is 4.02. The zero-order valence-corrected chi connectivity index (χ0v) is 18.4. The zero-order chi connectivity index (χ0) is 21.5. The molecule has 156 valence electrons. The Kier molecular flexibility index (Phi) is 5.46. The number of nitrogens with zero attached hydrogens (tertiary/aromatic N) is 4. The molecule has 4 aromatic rings. The lowest BCUT2D eigenvalue weighted by atomic mass is 10.1. The van der Waals surface area contributed by atoms with Gasteiger partial charge in [-0.15, -0.1) is 10.2 Å². The Balaban J connectivity index is 1.73. The molecule has 0 fully saturated rings. The van der Waals surface area contributed by atoms with Gasteiger partial charge in [-0.2, -0.15) is 0 Å². The van der Waals surface area contributed by atoms with Gasteiger partial charge >= 0.3 is 0 Å². The maximum absolute atomic E-state index is 14.4. The van der Waals surface area contributed by atoms with Crippen molar-refractivity contribution in [2.24, 2.45) is 0 Å². The van der Waals surface area contributed by atoms with Gasteiger partial charge in [0.1, 0.15) is 5.82 Å². The molecule has 0 spiro atoms. The molecule has 0 unspecified atom stereocenters. The highest BCUT2D eigenvalue weighted by molar-refractivity contribution is 7.99. The molecule has 2 aromatic heterocycles. The van der Waals surface area contributed by atoms with Crippen molar-refractivity contribution >= 4 is 46.1 Å². The molecular weight excluding hydrogens is 425 g/mol. The Morgan fingerprint density at radius 2 is 1.87 bits per heavy atom. The standard InChI is InChI=1S/C21H21ClFN5OS/c1-21(2,3)24-18(29)12-30-20-26-25-19-27(11-13-14(22)7-6-8-15(13)23)16-9-4-5-10-17(16)28(19)20/h4-10H,11-12H2,1-3H3,(H,24,29). The summed E-state index contributed by atoms with van der Waals surface area (Å²) < 4.78 is 18.2. The zero-order valence-electron chi connectivity index (χ0n) is 16.8. The minimum atomic E-state index is -0.369. The largest absolute Gasteiger partial charge is 0.351 e. The summed E-state index contributed by atoms with van der Waals surface area (Å²) in [5, 5.41) is 12.5. The lowest BCUT2D eigenvalue weighted by Crippen LogP contribution is -2.41. The summed E-state index contributed by atoms with van der Waals surface area (Å²) in [6.45, 7) is 6.03. The van der Waals surface area contributed by atoms with E-state index >= 15 is 0 Å². The highest BCUT2D eigenvalue weighted by atomic mass is 35.5. The van der Waals surface area contributed by atoms with Gasteiger partial charge in [0.25, 0.3) is 0 Å². The first-order valence-corrected chi connectivity index (χ1v) is 10.8. The van der Waals surface area contributed by atoms with E-state index in [-0.39, 0.29) is 29.6 Å². The van der Waals surface area contributed by atoms with Crippen molar-refractivity contribution in [1.29, 1.82) is 0 Å². The monoisotopic (exact) mass is 445 g/mol. The molecule has 1 N–H and O–H groups in total. The van der Waals surface area contributed by atoms with Gasteiger partial charge in [-0.25, -0.2) is 4.39 Å². The number of halogens is 2. The van der Waals surface area contributed by atoms with Crippen LogP contribution in [0.1, 0.15) is 26.3 Å². The first-order chi connectivity index (χ1) is 14.2. The smallest absolute Gasteiger partial charge is 0.237 e. The van der Waals surface area contributed by atoms with E-state index in [1.54, 1.807) is 12.1 Å².